The van der Waals surface area contributed by atoms with E-state index in [0.29, 0.717) is 6.54 Å². The molecule has 0 saturated carbocycles. The topological polar surface area (TPSA) is 47.3 Å². The minimum Gasteiger partial charge on any atom is -0.497 e. The van der Waals surface area contributed by atoms with Gasteiger partial charge >= 0.3 is 0 Å². The van der Waals surface area contributed by atoms with Crippen LogP contribution in [0.5, 0.6) is 5.75 Å². The van der Waals surface area contributed by atoms with Gasteiger partial charge in [-0.25, -0.2) is 0 Å². The Kier molecular flexibility index (Phi) is 8.50. The van der Waals surface area contributed by atoms with Crippen molar-refractivity contribution in [3.05, 3.63) is 64.7 Å². The third-order valence-electron chi connectivity index (χ3n) is 4.62. The van der Waals surface area contributed by atoms with E-state index < -0.39 is 0 Å². The zero-order valence-corrected chi connectivity index (χ0v) is 15.7. The molecule has 0 radical (unpaired) electrons. The Balaban J connectivity index is 1.57. The number of nitrogens with two attached hydrogens (primary N) is 1. The summed E-state index contributed by atoms with van der Waals surface area (Å²) in [6.45, 7) is 4.86. The minimum atomic E-state index is 0.568. The van der Waals surface area contributed by atoms with Gasteiger partial charge in [-0.2, -0.15) is 0 Å². The van der Waals surface area contributed by atoms with Gasteiger partial charge in [0.1, 0.15) is 5.75 Å². The molecule has 25 heavy (non-hydrogen) atoms. The number of benzene rings is 2. The predicted octanol–water partition coefficient (Wildman–Crippen LogP) is 4.01. The van der Waals surface area contributed by atoms with Crippen LogP contribution in [-0.2, 0) is 19.4 Å². The number of methoxy groups -OCH3 is 1. The number of nitrogens with one attached hydrogen (secondary N) is 1. The molecule has 0 atom stereocenters. The van der Waals surface area contributed by atoms with Crippen molar-refractivity contribution in [1.29, 1.82) is 0 Å². The highest BCUT2D eigenvalue weighted by molar-refractivity contribution is 5.35. The summed E-state index contributed by atoms with van der Waals surface area (Å²) < 4.78 is 5.26. The van der Waals surface area contributed by atoms with E-state index in [1.807, 2.05) is 12.1 Å². The van der Waals surface area contributed by atoms with Gasteiger partial charge in [0.2, 0.25) is 0 Å². The average Bonchev–Trinajstić information content (AvgIpc) is 2.65. The molecule has 0 amide bonds. The van der Waals surface area contributed by atoms with Crippen molar-refractivity contribution in [2.24, 2.45) is 5.73 Å². The van der Waals surface area contributed by atoms with E-state index in [0.717, 1.165) is 31.7 Å². The van der Waals surface area contributed by atoms with Gasteiger partial charge in [-0.1, -0.05) is 35.9 Å². The summed E-state index contributed by atoms with van der Waals surface area (Å²) in [6, 6.07) is 15.1. The summed E-state index contributed by atoms with van der Waals surface area (Å²) in [5.41, 5.74) is 11.2. The smallest absolute Gasteiger partial charge is 0.119 e. The molecule has 0 fully saturated rings. The Morgan fingerprint density at radius 1 is 0.880 bits per heavy atom. The molecule has 2 aromatic rings. The Hall–Kier alpha value is -1.84. The fraction of sp³-hybridized carbons (Fsp3) is 0.455. The van der Waals surface area contributed by atoms with E-state index in [9.17, 15) is 0 Å². The molecule has 0 spiro atoms. The average molecular weight is 341 g/mol. The summed E-state index contributed by atoms with van der Waals surface area (Å²) in [5.74, 6) is 0.885. The van der Waals surface area contributed by atoms with Gasteiger partial charge in [0.05, 0.1) is 7.11 Å². The molecule has 3 N–H and O–H groups in total. The fourth-order valence-corrected chi connectivity index (χ4v) is 3.03. The molecule has 0 heterocycles. The maximum Gasteiger partial charge on any atom is 0.119 e. The summed E-state index contributed by atoms with van der Waals surface area (Å²) in [6.07, 6.45) is 5.84. The first-order valence-electron chi connectivity index (χ1n) is 9.35. The standard InChI is InChI=1S/C22H32N2O/c1-18-8-10-19(11-9-18)6-3-4-14-24-15-5-7-20-12-13-22(25-2)16-21(20)17-23/h8-13,16,24H,3-7,14-15,17,23H2,1-2H3. The van der Waals surface area contributed by atoms with Crippen LogP contribution < -0.4 is 15.8 Å². The van der Waals surface area contributed by atoms with Gasteiger partial charge in [0, 0.05) is 6.54 Å². The lowest BCUT2D eigenvalue weighted by atomic mass is 10.0. The van der Waals surface area contributed by atoms with Crippen LogP contribution >= 0.6 is 0 Å². The number of hydrogen-bond donors (Lipinski definition) is 2. The van der Waals surface area contributed by atoms with E-state index in [1.165, 1.54) is 41.5 Å². The summed E-state index contributed by atoms with van der Waals surface area (Å²) in [5, 5.41) is 3.56. The molecule has 3 nitrogen and oxygen atoms in total. The van der Waals surface area contributed by atoms with Gasteiger partial charge in [0.25, 0.3) is 0 Å². The monoisotopic (exact) mass is 340 g/mol. The van der Waals surface area contributed by atoms with E-state index in [2.05, 4.69) is 42.6 Å². The molecule has 0 aliphatic heterocycles. The number of unbranched alkanes of at least 4 members (excludes halogenated alkanes) is 1. The van der Waals surface area contributed by atoms with Crippen molar-refractivity contribution in [3.63, 3.8) is 0 Å². The van der Waals surface area contributed by atoms with Crippen molar-refractivity contribution in [1.82, 2.24) is 5.32 Å². The van der Waals surface area contributed by atoms with Crippen LogP contribution in [0.1, 0.15) is 41.5 Å². The number of ether oxygens (including phenoxy) is 1. The molecular weight excluding hydrogens is 308 g/mol. The Labute approximate surface area is 152 Å². The molecule has 0 unspecified atom stereocenters. The normalized spacial score (nSPS) is 10.8. The Morgan fingerprint density at radius 3 is 2.36 bits per heavy atom. The molecule has 3 heteroatoms. The number of aryl methyl sites for hydroxylation is 3. The van der Waals surface area contributed by atoms with Crippen molar-refractivity contribution < 1.29 is 4.74 Å². The van der Waals surface area contributed by atoms with Crippen LogP contribution in [0, 0.1) is 6.92 Å². The largest absolute Gasteiger partial charge is 0.497 e. The van der Waals surface area contributed by atoms with Gasteiger partial charge in [-0.05, 0) is 80.9 Å². The van der Waals surface area contributed by atoms with Gasteiger partial charge in [0.15, 0.2) is 0 Å². The van der Waals surface area contributed by atoms with Crippen LogP contribution in [0.15, 0.2) is 42.5 Å². The molecule has 0 aliphatic rings. The van der Waals surface area contributed by atoms with Crippen LogP contribution in [0.2, 0.25) is 0 Å². The minimum absolute atomic E-state index is 0.568. The van der Waals surface area contributed by atoms with E-state index in [-0.39, 0.29) is 0 Å². The molecule has 0 saturated heterocycles. The van der Waals surface area contributed by atoms with Crippen LogP contribution in [0.4, 0.5) is 0 Å². The highest BCUT2D eigenvalue weighted by atomic mass is 16.5. The zero-order valence-electron chi connectivity index (χ0n) is 15.7. The van der Waals surface area contributed by atoms with Crippen molar-refractivity contribution in [2.75, 3.05) is 20.2 Å². The lowest BCUT2D eigenvalue weighted by Gasteiger charge is -2.10. The third-order valence-corrected chi connectivity index (χ3v) is 4.62. The second kappa shape index (κ2) is 10.9. The molecule has 0 aliphatic carbocycles. The third kappa shape index (κ3) is 6.89. The first-order chi connectivity index (χ1) is 12.2. The van der Waals surface area contributed by atoms with E-state index >= 15 is 0 Å². The lowest BCUT2D eigenvalue weighted by Crippen LogP contribution is -2.17. The Bertz CT molecular complexity index is 622. The SMILES string of the molecule is COc1ccc(CCCNCCCCc2ccc(C)cc2)c(CN)c1. The highest BCUT2D eigenvalue weighted by Gasteiger charge is 2.03. The van der Waals surface area contributed by atoms with Gasteiger partial charge in [-0.3, -0.25) is 0 Å². The lowest BCUT2D eigenvalue weighted by molar-refractivity contribution is 0.414. The molecule has 2 aromatic carbocycles. The summed E-state index contributed by atoms with van der Waals surface area (Å²) in [7, 11) is 1.69. The molecule has 136 valence electrons. The second-order valence-corrected chi connectivity index (χ2v) is 6.64. The highest BCUT2D eigenvalue weighted by Crippen LogP contribution is 2.18. The first kappa shape index (κ1) is 19.5. The quantitative estimate of drug-likeness (QED) is 0.608. The van der Waals surface area contributed by atoms with Crippen molar-refractivity contribution in [3.8, 4) is 5.75 Å². The van der Waals surface area contributed by atoms with Crippen LogP contribution in [0.3, 0.4) is 0 Å². The van der Waals surface area contributed by atoms with E-state index in [4.69, 9.17) is 10.5 Å². The summed E-state index contributed by atoms with van der Waals surface area (Å²) >= 11 is 0. The predicted molar refractivity (Wildman–Crippen MR) is 106 cm³/mol. The van der Waals surface area contributed by atoms with Crippen LogP contribution in [0.25, 0.3) is 0 Å². The van der Waals surface area contributed by atoms with Crippen molar-refractivity contribution >= 4 is 0 Å². The molecule has 0 aromatic heterocycles. The molecular formula is C22H32N2O. The van der Waals surface area contributed by atoms with Gasteiger partial charge < -0.3 is 15.8 Å². The maximum absolute atomic E-state index is 5.84. The molecule has 0 bridgehead atoms. The van der Waals surface area contributed by atoms with Gasteiger partial charge in [-0.15, -0.1) is 0 Å². The summed E-state index contributed by atoms with van der Waals surface area (Å²) in [4.78, 5) is 0. The van der Waals surface area contributed by atoms with Crippen LogP contribution in [-0.4, -0.2) is 20.2 Å². The molecule has 2 rings (SSSR count). The van der Waals surface area contributed by atoms with E-state index in [1.54, 1.807) is 7.11 Å². The van der Waals surface area contributed by atoms with Crippen molar-refractivity contribution in [2.45, 2.75) is 45.6 Å². The number of rotatable bonds is 11. The first-order valence-corrected chi connectivity index (χ1v) is 9.35. The Morgan fingerprint density at radius 2 is 1.64 bits per heavy atom. The zero-order chi connectivity index (χ0) is 17.9. The maximum atomic E-state index is 5.84. The fourth-order valence-electron chi connectivity index (χ4n) is 3.03. The number of hydrogen-bond acceptors (Lipinski definition) is 3. The second-order valence-electron chi connectivity index (χ2n) is 6.64.